The molecule has 3 N–H and O–H groups in total. The lowest BCUT2D eigenvalue weighted by atomic mass is 10.3. The highest BCUT2D eigenvalue weighted by molar-refractivity contribution is 7.93. The highest BCUT2D eigenvalue weighted by Crippen LogP contribution is 2.32. The minimum Gasteiger partial charge on any atom is -0.398 e. The summed E-state index contributed by atoms with van der Waals surface area (Å²) < 4.78 is 28.2. The molecule has 0 fully saturated rings. The number of sulfonamides is 1. The van der Waals surface area contributed by atoms with Gasteiger partial charge < -0.3 is 5.73 Å². The maximum Gasteiger partial charge on any atom is 0.265 e. The van der Waals surface area contributed by atoms with E-state index in [4.69, 9.17) is 28.9 Å². The van der Waals surface area contributed by atoms with Gasteiger partial charge in [0, 0.05) is 18.3 Å². The number of nitrogens with two attached hydrogens (primary N) is 1. The SMILES string of the molecule is Cn1cc(NS(=O)(=O)c2c(N)cc(Cl)cc2Cl)cn1. The molecular formula is C10H10Cl2N4O2S. The van der Waals surface area contributed by atoms with E-state index in [1.54, 1.807) is 7.05 Å². The summed E-state index contributed by atoms with van der Waals surface area (Å²) in [6.45, 7) is 0. The molecule has 0 aliphatic carbocycles. The lowest BCUT2D eigenvalue weighted by molar-refractivity contribution is 0.601. The average molecular weight is 321 g/mol. The Kier molecular flexibility index (Phi) is 3.62. The van der Waals surface area contributed by atoms with E-state index in [-0.39, 0.29) is 20.6 Å². The standard InChI is InChI=1S/C10H10Cl2N4O2S/c1-16-5-7(4-14-16)15-19(17,18)10-8(12)2-6(11)3-9(10)13/h2-5,15H,13H2,1H3. The summed E-state index contributed by atoms with van der Waals surface area (Å²) in [5.74, 6) is 0. The number of nitrogens with one attached hydrogen (secondary N) is 1. The van der Waals surface area contributed by atoms with Crippen molar-refractivity contribution in [2.75, 3.05) is 10.5 Å². The molecule has 9 heteroatoms. The molecule has 0 aliphatic heterocycles. The Morgan fingerprint density at radius 3 is 2.58 bits per heavy atom. The molecule has 0 unspecified atom stereocenters. The van der Waals surface area contributed by atoms with Crippen molar-refractivity contribution in [3.63, 3.8) is 0 Å². The number of hydrogen-bond acceptors (Lipinski definition) is 4. The zero-order valence-electron chi connectivity index (χ0n) is 9.76. The lowest BCUT2D eigenvalue weighted by Gasteiger charge is -2.10. The molecule has 0 aliphatic rings. The molecular weight excluding hydrogens is 311 g/mol. The minimum absolute atomic E-state index is 0.0195. The van der Waals surface area contributed by atoms with E-state index in [9.17, 15) is 8.42 Å². The lowest BCUT2D eigenvalue weighted by Crippen LogP contribution is -2.15. The number of aryl methyl sites for hydroxylation is 1. The van der Waals surface area contributed by atoms with Crippen LogP contribution in [0.15, 0.2) is 29.4 Å². The van der Waals surface area contributed by atoms with E-state index in [1.165, 1.54) is 29.2 Å². The van der Waals surface area contributed by atoms with E-state index >= 15 is 0 Å². The molecule has 2 aromatic rings. The molecule has 2 rings (SSSR count). The zero-order valence-corrected chi connectivity index (χ0v) is 12.1. The van der Waals surface area contributed by atoms with Crippen molar-refractivity contribution in [1.82, 2.24) is 9.78 Å². The molecule has 102 valence electrons. The Bertz CT molecular complexity index is 704. The topological polar surface area (TPSA) is 90.0 Å². The Morgan fingerprint density at radius 2 is 2.05 bits per heavy atom. The van der Waals surface area contributed by atoms with Crippen LogP contribution < -0.4 is 10.5 Å². The van der Waals surface area contributed by atoms with E-state index in [2.05, 4.69) is 9.82 Å². The first kappa shape index (κ1) is 14.0. The first-order valence-electron chi connectivity index (χ1n) is 5.05. The second-order valence-electron chi connectivity index (χ2n) is 3.81. The Labute approximate surface area is 120 Å². The third kappa shape index (κ3) is 2.94. The molecule has 0 saturated heterocycles. The molecule has 1 aromatic heterocycles. The van der Waals surface area contributed by atoms with Gasteiger partial charge in [-0.2, -0.15) is 5.10 Å². The van der Waals surface area contributed by atoms with Crippen molar-refractivity contribution in [1.29, 1.82) is 0 Å². The quantitative estimate of drug-likeness (QED) is 0.847. The fourth-order valence-electron chi connectivity index (χ4n) is 1.54. The van der Waals surface area contributed by atoms with Gasteiger partial charge in [-0.1, -0.05) is 23.2 Å². The van der Waals surface area contributed by atoms with Crippen LogP contribution in [0.25, 0.3) is 0 Å². The second kappa shape index (κ2) is 4.92. The first-order valence-corrected chi connectivity index (χ1v) is 7.29. The highest BCUT2D eigenvalue weighted by atomic mass is 35.5. The van der Waals surface area contributed by atoms with E-state index < -0.39 is 10.0 Å². The van der Waals surface area contributed by atoms with Crippen molar-refractivity contribution in [2.45, 2.75) is 4.90 Å². The number of halogens is 2. The van der Waals surface area contributed by atoms with Gasteiger partial charge in [0.25, 0.3) is 10.0 Å². The molecule has 6 nitrogen and oxygen atoms in total. The Morgan fingerprint density at radius 1 is 1.37 bits per heavy atom. The third-order valence-corrected chi connectivity index (χ3v) is 4.39. The predicted molar refractivity (Wildman–Crippen MR) is 74.9 cm³/mol. The molecule has 0 atom stereocenters. The Balaban J connectivity index is 2.45. The number of hydrogen-bond donors (Lipinski definition) is 2. The largest absolute Gasteiger partial charge is 0.398 e. The van der Waals surface area contributed by atoms with Gasteiger partial charge in [-0.3, -0.25) is 9.40 Å². The summed E-state index contributed by atoms with van der Waals surface area (Å²) >= 11 is 11.6. The van der Waals surface area contributed by atoms with Gasteiger partial charge in [-0.15, -0.1) is 0 Å². The molecule has 0 bridgehead atoms. The number of anilines is 2. The van der Waals surface area contributed by atoms with Gasteiger partial charge in [0.05, 0.1) is 22.6 Å². The second-order valence-corrected chi connectivity index (χ2v) is 6.28. The number of nitrogens with zero attached hydrogens (tertiary/aromatic N) is 2. The summed E-state index contributed by atoms with van der Waals surface area (Å²) in [6, 6.07) is 2.64. The molecule has 0 spiro atoms. The van der Waals surface area contributed by atoms with Crippen molar-refractivity contribution in [3.8, 4) is 0 Å². The van der Waals surface area contributed by atoms with Gasteiger partial charge in [0.1, 0.15) is 4.90 Å². The van der Waals surface area contributed by atoms with Gasteiger partial charge in [0.2, 0.25) is 0 Å². The summed E-state index contributed by atoms with van der Waals surface area (Å²) in [7, 11) is -2.23. The number of rotatable bonds is 3. The molecule has 0 saturated carbocycles. The van der Waals surface area contributed by atoms with Crippen LogP contribution in [0.2, 0.25) is 10.0 Å². The van der Waals surface area contributed by atoms with Crippen molar-refractivity contribution in [2.24, 2.45) is 7.05 Å². The fourth-order valence-corrected chi connectivity index (χ4v) is 3.56. The van der Waals surface area contributed by atoms with Gasteiger partial charge >= 0.3 is 0 Å². The first-order chi connectivity index (χ1) is 8.79. The van der Waals surface area contributed by atoms with Crippen molar-refractivity contribution < 1.29 is 8.42 Å². The third-order valence-electron chi connectivity index (χ3n) is 2.26. The van der Waals surface area contributed by atoms with Gasteiger partial charge in [-0.05, 0) is 12.1 Å². The molecule has 0 radical (unpaired) electrons. The van der Waals surface area contributed by atoms with Crippen LogP contribution in [-0.4, -0.2) is 18.2 Å². The van der Waals surface area contributed by atoms with Crippen LogP contribution in [0.1, 0.15) is 0 Å². The minimum atomic E-state index is -3.90. The predicted octanol–water partition coefficient (Wildman–Crippen LogP) is 2.11. The molecule has 1 aromatic carbocycles. The average Bonchev–Trinajstić information content (AvgIpc) is 2.60. The van der Waals surface area contributed by atoms with Crippen LogP contribution in [0, 0.1) is 0 Å². The van der Waals surface area contributed by atoms with E-state index in [0.717, 1.165) is 0 Å². The fraction of sp³-hybridized carbons (Fsp3) is 0.100. The maximum absolute atomic E-state index is 12.2. The monoisotopic (exact) mass is 320 g/mol. The van der Waals surface area contributed by atoms with Crippen molar-refractivity contribution in [3.05, 3.63) is 34.6 Å². The zero-order chi connectivity index (χ0) is 14.2. The van der Waals surface area contributed by atoms with Crippen molar-refractivity contribution >= 4 is 44.6 Å². The van der Waals surface area contributed by atoms with Gasteiger partial charge in [0.15, 0.2) is 0 Å². The normalized spacial score (nSPS) is 11.5. The van der Waals surface area contributed by atoms with Crippen LogP contribution in [0.5, 0.6) is 0 Å². The highest BCUT2D eigenvalue weighted by Gasteiger charge is 2.22. The summed E-state index contributed by atoms with van der Waals surface area (Å²) in [4.78, 5) is -0.206. The maximum atomic E-state index is 12.2. The molecule has 0 amide bonds. The number of nitrogen functional groups attached to an aromatic ring is 1. The van der Waals surface area contributed by atoms with Gasteiger partial charge in [-0.25, -0.2) is 8.42 Å². The summed E-state index contributed by atoms with van der Waals surface area (Å²) in [6.07, 6.45) is 2.88. The van der Waals surface area contributed by atoms with Crippen LogP contribution >= 0.6 is 23.2 Å². The molecule has 19 heavy (non-hydrogen) atoms. The Hall–Kier alpha value is -1.44. The summed E-state index contributed by atoms with van der Waals surface area (Å²) in [5, 5.41) is 4.08. The van der Waals surface area contributed by atoms with E-state index in [0.29, 0.717) is 5.69 Å². The smallest absolute Gasteiger partial charge is 0.265 e. The molecule has 1 heterocycles. The van der Waals surface area contributed by atoms with Crippen LogP contribution in [-0.2, 0) is 17.1 Å². The summed E-state index contributed by atoms with van der Waals surface area (Å²) in [5.41, 5.74) is 5.95. The van der Waals surface area contributed by atoms with E-state index in [1.807, 2.05) is 0 Å². The number of benzene rings is 1. The van der Waals surface area contributed by atoms with Crippen LogP contribution in [0.3, 0.4) is 0 Å². The number of aromatic nitrogens is 2. The van der Waals surface area contributed by atoms with Crippen LogP contribution in [0.4, 0.5) is 11.4 Å².